The molecule has 0 aromatic heterocycles. The summed E-state index contributed by atoms with van der Waals surface area (Å²) in [6.07, 6.45) is 0.208. The molecule has 1 N–H and O–H groups in total. The van der Waals surface area contributed by atoms with Gasteiger partial charge >= 0.3 is 0 Å². The zero-order chi connectivity index (χ0) is 19.2. The van der Waals surface area contributed by atoms with Crippen LogP contribution in [0.3, 0.4) is 0 Å². The number of halogens is 3. The summed E-state index contributed by atoms with van der Waals surface area (Å²) in [5, 5.41) is 3.52. The first-order valence-corrected chi connectivity index (χ1v) is 9.19. The van der Waals surface area contributed by atoms with E-state index in [-0.39, 0.29) is 42.4 Å². The van der Waals surface area contributed by atoms with Gasteiger partial charge < -0.3 is 19.7 Å². The number of carbonyl (C=O) groups is 1. The number of ether oxygens (including phenoxy) is 2. The van der Waals surface area contributed by atoms with Crippen LogP contribution in [0.5, 0.6) is 11.5 Å². The van der Waals surface area contributed by atoms with Crippen molar-refractivity contribution in [2.45, 2.75) is 12.5 Å². The summed E-state index contributed by atoms with van der Waals surface area (Å²) in [6.45, 7) is 2.18. The Morgan fingerprint density at radius 1 is 1.29 bits per heavy atom. The number of amides is 1. The number of benzene rings is 2. The van der Waals surface area contributed by atoms with Gasteiger partial charge in [-0.25, -0.2) is 4.39 Å². The first-order chi connectivity index (χ1) is 13.1. The van der Waals surface area contributed by atoms with Crippen LogP contribution in [0.25, 0.3) is 0 Å². The van der Waals surface area contributed by atoms with Gasteiger partial charge in [-0.3, -0.25) is 4.79 Å². The Kier molecular flexibility index (Phi) is 8.35. The highest BCUT2D eigenvalue weighted by molar-refractivity contribution is 6.32. The molecule has 5 nitrogen and oxygen atoms in total. The van der Waals surface area contributed by atoms with E-state index in [1.165, 1.54) is 18.2 Å². The standard InChI is InChI=1S/C20H22ClFN2O3.ClH/c1-26-18-5-3-2-4-15(18)17-13-23-9-10-24(17)20(25)8-11-27-19-7-6-14(22)12-16(19)21;/h2-7,12,17,23H,8-11,13H2,1H3;1H. The molecule has 1 aliphatic rings. The van der Waals surface area contributed by atoms with E-state index in [9.17, 15) is 9.18 Å². The zero-order valence-electron chi connectivity index (χ0n) is 15.5. The molecule has 1 saturated heterocycles. The minimum Gasteiger partial charge on any atom is -0.496 e. The first kappa shape index (κ1) is 22.3. The Balaban J connectivity index is 0.00000280. The van der Waals surface area contributed by atoms with Gasteiger partial charge in [-0.05, 0) is 24.3 Å². The lowest BCUT2D eigenvalue weighted by Gasteiger charge is -2.37. The third kappa shape index (κ3) is 5.28. The number of piperazine rings is 1. The number of methoxy groups -OCH3 is 1. The van der Waals surface area contributed by atoms with Crippen LogP contribution in [0, 0.1) is 5.82 Å². The van der Waals surface area contributed by atoms with Crippen LogP contribution in [-0.4, -0.2) is 44.2 Å². The van der Waals surface area contributed by atoms with Crippen LogP contribution in [-0.2, 0) is 4.79 Å². The Bertz CT molecular complexity index is 807. The molecular weight excluding hydrogens is 406 g/mol. The van der Waals surface area contributed by atoms with Crippen molar-refractivity contribution in [3.63, 3.8) is 0 Å². The second kappa shape index (κ2) is 10.5. The highest BCUT2D eigenvalue weighted by Gasteiger charge is 2.29. The number of hydrogen-bond donors (Lipinski definition) is 1. The summed E-state index contributed by atoms with van der Waals surface area (Å²) >= 11 is 5.95. The molecular formula is C20H23Cl2FN2O3. The highest BCUT2D eigenvalue weighted by Crippen LogP contribution is 2.30. The van der Waals surface area contributed by atoms with Crippen LogP contribution in [0.4, 0.5) is 4.39 Å². The molecule has 0 spiro atoms. The summed E-state index contributed by atoms with van der Waals surface area (Å²) < 4.78 is 24.1. The van der Waals surface area contributed by atoms with E-state index in [4.69, 9.17) is 21.1 Å². The van der Waals surface area contributed by atoms with Gasteiger partial charge in [-0.2, -0.15) is 0 Å². The fourth-order valence-corrected chi connectivity index (χ4v) is 3.43. The van der Waals surface area contributed by atoms with E-state index in [0.29, 0.717) is 18.8 Å². The number of carbonyl (C=O) groups excluding carboxylic acids is 1. The van der Waals surface area contributed by atoms with Crippen molar-refractivity contribution in [3.8, 4) is 11.5 Å². The summed E-state index contributed by atoms with van der Waals surface area (Å²) in [5.74, 6) is 0.695. The van der Waals surface area contributed by atoms with E-state index in [1.807, 2.05) is 29.2 Å². The molecule has 3 rings (SSSR count). The summed E-state index contributed by atoms with van der Waals surface area (Å²) in [5.41, 5.74) is 0.975. The quantitative estimate of drug-likeness (QED) is 0.758. The maximum absolute atomic E-state index is 13.1. The minimum absolute atomic E-state index is 0. The number of hydrogen-bond acceptors (Lipinski definition) is 4. The van der Waals surface area contributed by atoms with Gasteiger partial charge in [0.25, 0.3) is 0 Å². The van der Waals surface area contributed by atoms with Crippen molar-refractivity contribution in [3.05, 3.63) is 58.9 Å². The first-order valence-electron chi connectivity index (χ1n) is 8.81. The summed E-state index contributed by atoms with van der Waals surface area (Å²) in [7, 11) is 1.63. The monoisotopic (exact) mass is 428 g/mol. The van der Waals surface area contributed by atoms with Gasteiger partial charge in [0.15, 0.2) is 0 Å². The molecule has 0 aliphatic carbocycles. The maximum Gasteiger partial charge on any atom is 0.226 e. The zero-order valence-corrected chi connectivity index (χ0v) is 17.1. The lowest BCUT2D eigenvalue weighted by Crippen LogP contribution is -2.49. The van der Waals surface area contributed by atoms with E-state index in [1.54, 1.807) is 7.11 Å². The fraction of sp³-hybridized carbons (Fsp3) is 0.350. The highest BCUT2D eigenvalue weighted by atomic mass is 35.5. The van der Waals surface area contributed by atoms with Gasteiger partial charge in [0.2, 0.25) is 5.91 Å². The maximum atomic E-state index is 13.1. The average molecular weight is 429 g/mol. The Morgan fingerprint density at radius 3 is 2.82 bits per heavy atom. The molecule has 1 amide bonds. The van der Waals surface area contributed by atoms with Gasteiger partial charge in [-0.15, -0.1) is 12.4 Å². The molecule has 1 atom stereocenters. The third-order valence-corrected chi connectivity index (χ3v) is 4.82. The lowest BCUT2D eigenvalue weighted by molar-refractivity contribution is -0.135. The van der Waals surface area contributed by atoms with Crippen LogP contribution in [0.1, 0.15) is 18.0 Å². The number of nitrogens with one attached hydrogen (secondary N) is 1. The van der Waals surface area contributed by atoms with Crippen molar-refractivity contribution in [2.75, 3.05) is 33.4 Å². The molecule has 2 aromatic carbocycles. The number of nitrogens with zero attached hydrogens (tertiary/aromatic N) is 1. The van der Waals surface area contributed by atoms with Crippen molar-refractivity contribution in [1.82, 2.24) is 10.2 Å². The Morgan fingerprint density at radius 2 is 2.07 bits per heavy atom. The molecule has 0 radical (unpaired) electrons. The Labute approximate surface area is 175 Å². The molecule has 1 unspecified atom stereocenters. The van der Waals surface area contributed by atoms with Crippen LogP contribution < -0.4 is 14.8 Å². The molecule has 1 aliphatic heterocycles. The van der Waals surface area contributed by atoms with E-state index in [0.717, 1.165) is 17.9 Å². The van der Waals surface area contributed by atoms with Gasteiger partial charge in [0.1, 0.15) is 17.3 Å². The van der Waals surface area contributed by atoms with E-state index >= 15 is 0 Å². The molecule has 28 heavy (non-hydrogen) atoms. The van der Waals surface area contributed by atoms with Gasteiger partial charge in [0, 0.05) is 25.2 Å². The van der Waals surface area contributed by atoms with Gasteiger partial charge in [-0.1, -0.05) is 29.8 Å². The number of para-hydroxylation sites is 1. The summed E-state index contributed by atoms with van der Waals surface area (Å²) in [6, 6.07) is 11.5. The minimum atomic E-state index is -0.427. The molecule has 1 fully saturated rings. The average Bonchev–Trinajstić information content (AvgIpc) is 2.69. The lowest BCUT2D eigenvalue weighted by atomic mass is 10.0. The molecule has 0 saturated carbocycles. The second-order valence-corrected chi connectivity index (χ2v) is 6.63. The molecule has 2 aromatic rings. The predicted molar refractivity (Wildman–Crippen MR) is 109 cm³/mol. The Hall–Kier alpha value is -2.02. The van der Waals surface area contributed by atoms with Crippen LogP contribution >= 0.6 is 24.0 Å². The molecule has 1 heterocycles. The topological polar surface area (TPSA) is 50.8 Å². The smallest absolute Gasteiger partial charge is 0.226 e. The third-order valence-electron chi connectivity index (χ3n) is 4.53. The van der Waals surface area contributed by atoms with Crippen LogP contribution in [0.15, 0.2) is 42.5 Å². The largest absolute Gasteiger partial charge is 0.496 e. The second-order valence-electron chi connectivity index (χ2n) is 6.22. The SMILES string of the molecule is COc1ccccc1C1CNCCN1C(=O)CCOc1ccc(F)cc1Cl.Cl. The van der Waals surface area contributed by atoms with E-state index in [2.05, 4.69) is 5.32 Å². The summed E-state index contributed by atoms with van der Waals surface area (Å²) in [4.78, 5) is 14.6. The van der Waals surface area contributed by atoms with Crippen LogP contribution in [0.2, 0.25) is 5.02 Å². The predicted octanol–water partition coefficient (Wildman–Crippen LogP) is 3.85. The molecule has 0 bridgehead atoms. The normalized spacial score (nSPS) is 16.2. The fourth-order valence-electron chi connectivity index (χ4n) is 3.21. The van der Waals surface area contributed by atoms with Gasteiger partial charge in [0.05, 0.1) is 31.2 Å². The van der Waals surface area contributed by atoms with Crippen molar-refractivity contribution in [2.24, 2.45) is 0 Å². The van der Waals surface area contributed by atoms with E-state index < -0.39 is 5.82 Å². The van der Waals surface area contributed by atoms with Crippen molar-refractivity contribution in [1.29, 1.82) is 0 Å². The van der Waals surface area contributed by atoms with Crippen molar-refractivity contribution < 1.29 is 18.7 Å². The van der Waals surface area contributed by atoms with Crippen molar-refractivity contribution >= 4 is 29.9 Å². The molecule has 152 valence electrons. The number of rotatable bonds is 6. The molecule has 8 heteroatoms.